The molecule has 174 valence electrons. The first-order valence-corrected chi connectivity index (χ1v) is 11.7. The summed E-state index contributed by atoms with van der Waals surface area (Å²) in [5, 5.41) is 0.777. The van der Waals surface area contributed by atoms with Crippen LogP contribution in [0.2, 0.25) is 0 Å². The smallest absolute Gasteiger partial charge is 0.339 e. The average molecular weight is 466 g/mol. The Morgan fingerprint density at radius 1 is 0.914 bits per heavy atom. The molecule has 5 rings (SSSR count). The molecule has 5 heteroatoms. The highest BCUT2D eigenvalue weighted by molar-refractivity contribution is 6.07. The van der Waals surface area contributed by atoms with E-state index in [1.165, 1.54) is 24.3 Å². The van der Waals surface area contributed by atoms with E-state index >= 15 is 0 Å². The Balaban J connectivity index is 1.35. The molecule has 0 spiro atoms. The van der Waals surface area contributed by atoms with Gasteiger partial charge in [0.1, 0.15) is 5.82 Å². The monoisotopic (exact) mass is 465 g/mol. The lowest BCUT2D eigenvalue weighted by Gasteiger charge is -2.12. The number of esters is 1. The standard InChI is InChI=1S/C30H24FNO3/c31-23-15-12-21(13-16-23)27(33)11-6-18-35-30(34)28-24-9-4-5-10-26(24)32-29-22(14-17-25(28)29)19-20-7-2-1-3-8-20/h1-5,7-10,12-13,15-16,19H,6,11,14,17-18H2. The number of benzene rings is 3. The van der Waals surface area contributed by atoms with E-state index in [1.54, 1.807) is 0 Å². The van der Waals surface area contributed by atoms with E-state index in [0.717, 1.165) is 46.1 Å². The highest BCUT2D eigenvalue weighted by atomic mass is 19.1. The minimum atomic E-state index is -0.393. The number of nitrogens with zero attached hydrogens (tertiary/aromatic N) is 1. The van der Waals surface area contributed by atoms with Gasteiger partial charge in [-0.25, -0.2) is 14.2 Å². The van der Waals surface area contributed by atoms with E-state index in [0.29, 0.717) is 17.5 Å². The number of ether oxygens (including phenoxy) is 1. The average Bonchev–Trinajstić information content (AvgIpc) is 3.27. The lowest BCUT2D eigenvalue weighted by molar-refractivity contribution is 0.0495. The van der Waals surface area contributed by atoms with Crippen molar-refractivity contribution in [1.82, 2.24) is 4.98 Å². The fourth-order valence-electron chi connectivity index (χ4n) is 4.51. The third-order valence-electron chi connectivity index (χ3n) is 6.23. The molecule has 0 saturated carbocycles. The van der Waals surface area contributed by atoms with Crippen molar-refractivity contribution in [3.63, 3.8) is 0 Å². The molecule has 4 nitrogen and oxygen atoms in total. The Hall–Kier alpha value is -4.12. The zero-order valence-electron chi connectivity index (χ0n) is 19.2. The summed E-state index contributed by atoms with van der Waals surface area (Å²) in [7, 11) is 0. The molecule has 0 atom stereocenters. The molecule has 0 N–H and O–H groups in total. The molecule has 0 unspecified atom stereocenters. The Kier molecular flexibility index (Phi) is 6.49. The van der Waals surface area contributed by atoms with Gasteiger partial charge in [0.15, 0.2) is 5.78 Å². The van der Waals surface area contributed by atoms with Gasteiger partial charge in [0, 0.05) is 17.4 Å². The van der Waals surface area contributed by atoms with Crippen LogP contribution in [0, 0.1) is 5.82 Å². The number of hydrogen-bond acceptors (Lipinski definition) is 4. The first kappa shape index (κ1) is 22.7. The van der Waals surface area contributed by atoms with Crippen molar-refractivity contribution in [2.45, 2.75) is 25.7 Å². The summed E-state index contributed by atoms with van der Waals surface area (Å²) in [6.45, 7) is 0.129. The number of allylic oxidation sites excluding steroid dienone is 1. The normalized spacial score (nSPS) is 13.7. The number of carbonyl (C=O) groups excluding carboxylic acids is 2. The van der Waals surface area contributed by atoms with Crippen LogP contribution in [0.4, 0.5) is 4.39 Å². The topological polar surface area (TPSA) is 56.3 Å². The van der Waals surface area contributed by atoms with Crippen molar-refractivity contribution in [1.29, 1.82) is 0 Å². The van der Waals surface area contributed by atoms with E-state index in [2.05, 4.69) is 18.2 Å². The predicted octanol–water partition coefficient (Wildman–Crippen LogP) is 6.68. The zero-order chi connectivity index (χ0) is 24.2. The molecule has 0 aliphatic heterocycles. The molecule has 0 fully saturated rings. The summed E-state index contributed by atoms with van der Waals surface area (Å²) in [6, 6.07) is 23.2. The number of hydrogen-bond donors (Lipinski definition) is 0. The molecule has 0 saturated heterocycles. The third-order valence-corrected chi connectivity index (χ3v) is 6.23. The minimum Gasteiger partial charge on any atom is -0.462 e. The SMILES string of the molecule is O=C(CCCOC(=O)c1c2c(nc3ccccc13)C(=Cc1ccccc1)CC2)c1ccc(F)cc1. The fourth-order valence-corrected chi connectivity index (χ4v) is 4.51. The molecule has 35 heavy (non-hydrogen) atoms. The maximum absolute atomic E-state index is 13.2. The first-order chi connectivity index (χ1) is 17.1. The Bertz CT molecular complexity index is 1430. The first-order valence-electron chi connectivity index (χ1n) is 11.7. The van der Waals surface area contributed by atoms with Crippen molar-refractivity contribution >= 4 is 34.3 Å². The molecule has 3 aromatic carbocycles. The fraction of sp³-hybridized carbons (Fsp3) is 0.167. The molecule has 1 aliphatic carbocycles. The molecule has 1 aliphatic rings. The Labute approximate surface area is 203 Å². The number of ketones is 1. The van der Waals surface area contributed by atoms with Gasteiger partial charge in [-0.05, 0) is 72.4 Å². The van der Waals surface area contributed by atoms with Crippen molar-refractivity contribution < 1.29 is 18.7 Å². The van der Waals surface area contributed by atoms with Crippen LogP contribution in [0.1, 0.15) is 56.8 Å². The molecule has 0 bridgehead atoms. The van der Waals surface area contributed by atoms with Gasteiger partial charge in [0.25, 0.3) is 0 Å². The molecule has 1 heterocycles. The third kappa shape index (κ3) is 4.90. The van der Waals surface area contributed by atoms with Gasteiger partial charge in [-0.3, -0.25) is 4.79 Å². The van der Waals surface area contributed by atoms with Crippen LogP contribution >= 0.6 is 0 Å². The maximum Gasteiger partial charge on any atom is 0.339 e. The van der Waals surface area contributed by atoms with E-state index in [4.69, 9.17) is 9.72 Å². The van der Waals surface area contributed by atoms with Crippen LogP contribution in [0.15, 0.2) is 78.9 Å². The number of halogens is 1. The Morgan fingerprint density at radius 3 is 2.46 bits per heavy atom. The van der Waals surface area contributed by atoms with Crippen LogP contribution in [0.25, 0.3) is 22.6 Å². The zero-order valence-corrected chi connectivity index (χ0v) is 19.2. The summed E-state index contributed by atoms with van der Waals surface area (Å²) in [5.41, 5.74) is 5.74. The maximum atomic E-state index is 13.2. The molecule has 0 amide bonds. The van der Waals surface area contributed by atoms with Crippen LogP contribution in [-0.4, -0.2) is 23.3 Å². The molecular formula is C30H24FNO3. The second-order valence-electron chi connectivity index (χ2n) is 8.58. The number of rotatable bonds is 7. The lowest BCUT2D eigenvalue weighted by Crippen LogP contribution is -2.12. The van der Waals surface area contributed by atoms with Gasteiger partial charge in [-0.15, -0.1) is 0 Å². The minimum absolute atomic E-state index is 0.105. The van der Waals surface area contributed by atoms with Crippen molar-refractivity contribution in [3.8, 4) is 0 Å². The van der Waals surface area contributed by atoms with E-state index in [9.17, 15) is 14.0 Å². The molecule has 1 aromatic heterocycles. The summed E-state index contributed by atoms with van der Waals surface area (Å²) >= 11 is 0. The van der Waals surface area contributed by atoms with E-state index in [1.807, 2.05) is 42.5 Å². The van der Waals surface area contributed by atoms with Crippen molar-refractivity contribution in [3.05, 3.63) is 113 Å². The highest BCUT2D eigenvalue weighted by Gasteiger charge is 2.27. The number of carbonyl (C=O) groups is 2. The van der Waals surface area contributed by atoms with Crippen molar-refractivity contribution in [2.24, 2.45) is 0 Å². The number of fused-ring (bicyclic) bond motifs is 2. The molecular weight excluding hydrogens is 441 g/mol. The quantitative estimate of drug-likeness (QED) is 0.174. The van der Waals surface area contributed by atoms with Gasteiger partial charge in [-0.2, -0.15) is 0 Å². The summed E-state index contributed by atoms with van der Waals surface area (Å²) < 4.78 is 18.7. The highest BCUT2D eigenvalue weighted by Crippen LogP contribution is 2.37. The second-order valence-corrected chi connectivity index (χ2v) is 8.58. The van der Waals surface area contributed by atoms with Crippen LogP contribution < -0.4 is 0 Å². The van der Waals surface area contributed by atoms with Crippen LogP contribution in [0.3, 0.4) is 0 Å². The predicted molar refractivity (Wildman–Crippen MR) is 135 cm³/mol. The van der Waals surface area contributed by atoms with Gasteiger partial charge in [0.2, 0.25) is 0 Å². The lowest BCUT2D eigenvalue weighted by atomic mass is 10.0. The van der Waals surface area contributed by atoms with Gasteiger partial charge in [-0.1, -0.05) is 48.5 Å². The van der Waals surface area contributed by atoms with Crippen LogP contribution in [-0.2, 0) is 11.2 Å². The number of para-hydroxylation sites is 1. The largest absolute Gasteiger partial charge is 0.462 e. The van der Waals surface area contributed by atoms with Gasteiger partial charge in [0.05, 0.1) is 23.4 Å². The van der Waals surface area contributed by atoms with E-state index < -0.39 is 5.97 Å². The Morgan fingerprint density at radius 2 is 1.66 bits per heavy atom. The van der Waals surface area contributed by atoms with Gasteiger partial charge < -0.3 is 4.74 Å². The number of pyridine rings is 1. The molecule has 4 aromatic rings. The van der Waals surface area contributed by atoms with Crippen LogP contribution in [0.5, 0.6) is 0 Å². The number of aromatic nitrogens is 1. The van der Waals surface area contributed by atoms with Gasteiger partial charge >= 0.3 is 5.97 Å². The number of Topliss-reactive ketones (excluding diaryl/α,β-unsaturated/α-hetero) is 1. The van der Waals surface area contributed by atoms with E-state index in [-0.39, 0.29) is 24.6 Å². The summed E-state index contributed by atoms with van der Waals surface area (Å²) in [4.78, 5) is 30.4. The van der Waals surface area contributed by atoms with Crippen molar-refractivity contribution in [2.75, 3.05) is 6.61 Å². The second kappa shape index (κ2) is 10.0. The summed E-state index contributed by atoms with van der Waals surface area (Å²) in [6.07, 6.45) is 4.27. The molecule has 0 radical (unpaired) electrons. The summed E-state index contributed by atoms with van der Waals surface area (Å²) in [5.74, 6) is -0.878.